The van der Waals surface area contributed by atoms with Crippen molar-refractivity contribution in [3.8, 4) is 5.88 Å². The fourth-order valence-corrected chi connectivity index (χ4v) is 2.29. The van der Waals surface area contributed by atoms with Crippen LogP contribution in [0.5, 0.6) is 5.88 Å². The minimum atomic E-state index is -0.837. The Kier molecular flexibility index (Phi) is 8.71. The number of hydrogen-bond donors (Lipinski definition) is 1. The molecule has 1 aromatic heterocycles. The molecule has 1 amide bonds. The second-order valence-electron chi connectivity index (χ2n) is 6.03. The standard InChI is InChI=1S/C18H30N2O4/c1-6-7-8-9-18(3,23-5)17(21)20-15-12-14(2)16(19-13-15)24-11-10-22-4/h12-13H,6-11H2,1-5H3,(H,20,21)/t18-/m1/s1. The Balaban J connectivity index is 2.69. The zero-order valence-corrected chi connectivity index (χ0v) is 15.5. The molecule has 1 N–H and O–H groups in total. The lowest BCUT2D eigenvalue weighted by Crippen LogP contribution is -2.42. The van der Waals surface area contributed by atoms with Crippen molar-refractivity contribution in [3.05, 3.63) is 17.8 Å². The topological polar surface area (TPSA) is 69.7 Å². The third-order valence-electron chi connectivity index (χ3n) is 4.00. The maximum absolute atomic E-state index is 12.6. The summed E-state index contributed by atoms with van der Waals surface area (Å²) in [7, 11) is 3.19. The number of carbonyl (C=O) groups is 1. The number of carbonyl (C=O) groups excluding carboxylic acids is 1. The molecule has 0 spiro atoms. The van der Waals surface area contributed by atoms with Crippen molar-refractivity contribution >= 4 is 11.6 Å². The Hall–Kier alpha value is -1.66. The number of ether oxygens (including phenoxy) is 3. The lowest BCUT2D eigenvalue weighted by atomic mass is 9.97. The number of unbranched alkanes of at least 4 members (excludes halogenated alkanes) is 2. The summed E-state index contributed by atoms with van der Waals surface area (Å²) in [6, 6.07) is 1.84. The van der Waals surface area contributed by atoms with Gasteiger partial charge in [-0.2, -0.15) is 0 Å². The molecule has 1 heterocycles. The molecule has 136 valence electrons. The zero-order valence-electron chi connectivity index (χ0n) is 15.5. The van der Waals surface area contributed by atoms with Crippen molar-refractivity contribution in [2.75, 3.05) is 32.8 Å². The van der Waals surface area contributed by atoms with Crippen LogP contribution in [0.1, 0.15) is 45.1 Å². The molecule has 0 saturated carbocycles. The average Bonchev–Trinajstić information content (AvgIpc) is 2.57. The van der Waals surface area contributed by atoms with Gasteiger partial charge in [0, 0.05) is 19.8 Å². The molecule has 0 unspecified atom stereocenters. The smallest absolute Gasteiger partial charge is 0.256 e. The zero-order chi connectivity index (χ0) is 18.0. The SMILES string of the molecule is CCCCC[C@@](C)(OC)C(=O)Nc1cnc(OCCOC)c(C)c1. The molecule has 0 aliphatic rings. The lowest BCUT2D eigenvalue weighted by Gasteiger charge is -2.27. The van der Waals surface area contributed by atoms with Crippen LogP contribution < -0.4 is 10.1 Å². The third-order valence-corrected chi connectivity index (χ3v) is 4.00. The van der Waals surface area contributed by atoms with Crippen LogP contribution in [0.3, 0.4) is 0 Å². The van der Waals surface area contributed by atoms with Crippen molar-refractivity contribution in [2.45, 2.75) is 52.1 Å². The number of nitrogens with one attached hydrogen (secondary N) is 1. The van der Waals surface area contributed by atoms with E-state index in [1.165, 1.54) is 0 Å². The fraction of sp³-hybridized carbons (Fsp3) is 0.667. The highest BCUT2D eigenvalue weighted by atomic mass is 16.5. The monoisotopic (exact) mass is 338 g/mol. The van der Waals surface area contributed by atoms with E-state index in [1.807, 2.05) is 19.9 Å². The van der Waals surface area contributed by atoms with Crippen LogP contribution in [-0.2, 0) is 14.3 Å². The summed E-state index contributed by atoms with van der Waals surface area (Å²) in [6.45, 7) is 6.79. The van der Waals surface area contributed by atoms with Gasteiger partial charge >= 0.3 is 0 Å². The summed E-state index contributed by atoms with van der Waals surface area (Å²) < 4.78 is 15.9. The maximum atomic E-state index is 12.6. The van der Waals surface area contributed by atoms with Crippen molar-refractivity contribution in [1.29, 1.82) is 0 Å². The van der Waals surface area contributed by atoms with Crippen LogP contribution in [0.15, 0.2) is 12.3 Å². The molecular formula is C18H30N2O4. The molecule has 0 fully saturated rings. The van der Waals surface area contributed by atoms with Gasteiger partial charge in [-0.15, -0.1) is 0 Å². The number of aryl methyl sites for hydroxylation is 1. The summed E-state index contributed by atoms with van der Waals surface area (Å²) in [5.41, 5.74) is 0.654. The van der Waals surface area contributed by atoms with Gasteiger partial charge in [-0.25, -0.2) is 4.98 Å². The molecule has 0 radical (unpaired) electrons. The van der Waals surface area contributed by atoms with Crippen LogP contribution in [-0.4, -0.2) is 43.9 Å². The first kappa shape index (κ1) is 20.4. The van der Waals surface area contributed by atoms with Crippen LogP contribution in [0, 0.1) is 6.92 Å². The van der Waals surface area contributed by atoms with Crippen LogP contribution in [0.2, 0.25) is 0 Å². The lowest BCUT2D eigenvalue weighted by molar-refractivity contribution is -0.136. The number of nitrogens with zero attached hydrogens (tertiary/aromatic N) is 1. The number of amides is 1. The summed E-state index contributed by atoms with van der Waals surface area (Å²) in [5, 5.41) is 2.89. The highest BCUT2D eigenvalue weighted by molar-refractivity contribution is 5.97. The van der Waals surface area contributed by atoms with E-state index < -0.39 is 5.60 Å². The molecule has 0 aliphatic carbocycles. The first-order chi connectivity index (χ1) is 11.5. The van der Waals surface area contributed by atoms with E-state index in [0.717, 1.165) is 24.8 Å². The Morgan fingerprint density at radius 1 is 1.29 bits per heavy atom. The fourth-order valence-electron chi connectivity index (χ4n) is 2.29. The molecule has 1 aromatic rings. The molecule has 6 nitrogen and oxygen atoms in total. The molecule has 0 bridgehead atoms. The van der Waals surface area contributed by atoms with Gasteiger partial charge in [0.15, 0.2) is 0 Å². The van der Waals surface area contributed by atoms with Crippen LogP contribution >= 0.6 is 0 Å². The van der Waals surface area contributed by atoms with Gasteiger partial charge in [0.05, 0.1) is 18.5 Å². The Labute approximate surface area is 144 Å². The van der Waals surface area contributed by atoms with Crippen molar-refractivity contribution < 1.29 is 19.0 Å². The molecular weight excluding hydrogens is 308 g/mol. The van der Waals surface area contributed by atoms with E-state index in [0.29, 0.717) is 31.2 Å². The Morgan fingerprint density at radius 3 is 2.62 bits per heavy atom. The van der Waals surface area contributed by atoms with E-state index in [2.05, 4.69) is 17.2 Å². The predicted molar refractivity (Wildman–Crippen MR) is 94.5 cm³/mol. The van der Waals surface area contributed by atoms with Gasteiger partial charge in [-0.1, -0.05) is 26.2 Å². The van der Waals surface area contributed by atoms with Gasteiger partial charge in [0.25, 0.3) is 5.91 Å². The van der Waals surface area contributed by atoms with E-state index in [9.17, 15) is 4.79 Å². The molecule has 6 heteroatoms. The van der Waals surface area contributed by atoms with Gasteiger partial charge in [0.1, 0.15) is 12.2 Å². The number of aromatic nitrogens is 1. The van der Waals surface area contributed by atoms with Crippen LogP contribution in [0.4, 0.5) is 5.69 Å². The van der Waals surface area contributed by atoms with Crippen molar-refractivity contribution in [2.24, 2.45) is 0 Å². The van der Waals surface area contributed by atoms with Gasteiger partial charge in [0.2, 0.25) is 5.88 Å². The van der Waals surface area contributed by atoms with Gasteiger partial charge in [-0.05, 0) is 26.3 Å². The number of rotatable bonds is 11. The molecule has 24 heavy (non-hydrogen) atoms. The first-order valence-corrected chi connectivity index (χ1v) is 8.41. The summed E-state index contributed by atoms with van der Waals surface area (Å²) in [6.07, 6.45) is 5.43. The molecule has 0 aliphatic heterocycles. The second kappa shape index (κ2) is 10.3. The summed E-state index contributed by atoms with van der Waals surface area (Å²) in [5.74, 6) is 0.387. The first-order valence-electron chi connectivity index (χ1n) is 8.41. The van der Waals surface area contributed by atoms with Gasteiger partial charge in [-0.3, -0.25) is 4.79 Å². The number of pyridine rings is 1. The predicted octanol–water partition coefficient (Wildman–Crippen LogP) is 3.34. The van der Waals surface area contributed by atoms with Gasteiger partial charge < -0.3 is 19.5 Å². The third kappa shape index (κ3) is 6.09. The second-order valence-corrected chi connectivity index (χ2v) is 6.03. The number of methoxy groups -OCH3 is 2. The van der Waals surface area contributed by atoms with Crippen molar-refractivity contribution in [3.63, 3.8) is 0 Å². The largest absolute Gasteiger partial charge is 0.475 e. The average molecular weight is 338 g/mol. The molecule has 0 saturated heterocycles. The summed E-state index contributed by atoms with van der Waals surface area (Å²) in [4.78, 5) is 16.8. The Bertz CT molecular complexity index is 522. The quantitative estimate of drug-likeness (QED) is 0.627. The highest BCUT2D eigenvalue weighted by Crippen LogP contribution is 2.23. The van der Waals surface area contributed by atoms with Crippen molar-refractivity contribution in [1.82, 2.24) is 4.98 Å². The minimum absolute atomic E-state index is 0.157. The van der Waals surface area contributed by atoms with E-state index in [-0.39, 0.29) is 5.91 Å². The number of hydrogen-bond acceptors (Lipinski definition) is 5. The highest BCUT2D eigenvalue weighted by Gasteiger charge is 2.32. The van der Waals surface area contributed by atoms with E-state index in [1.54, 1.807) is 20.4 Å². The Morgan fingerprint density at radius 2 is 2.04 bits per heavy atom. The molecule has 0 aromatic carbocycles. The maximum Gasteiger partial charge on any atom is 0.256 e. The van der Waals surface area contributed by atoms with E-state index >= 15 is 0 Å². The summed E-state index contributed by atoms with van der Waals surface area (Å²) >= 11 is 0. The minimum Gasteiger partial charge on any atom is -0.475 e. The normalized spacial score (nSPS) is 13.4. The van der Waals surface area contributed by atoms with Crippen LogP contribution in [0.25, 0.3) is 0 Å². The molecule has 1 atom stereocenters. The molecule has 1 rings (SSSR count). The van der Waals surface area contributed by atoms with E-state index in [4.69, 9.17) is 14.2 Å². The number of anilines is 1.